The Morgan fingerprint density at radius 2 is 2.00 bits per heavy atom. The predicted octanol–water partition coefficient (Wildman–Crippen LogP) is 1.99. The first-order chi connectivity index (χ1) is 11.9. The molecular formula is C20H22O5. The second-order valence-electron chi connectivity index (χ2n) is 7.38. The molecule has 5 nitrogen and oxygen atoms in total. The van der Waals surface area contributed by atoms with Gasteiger partial charge in [-0.25, -0.2) is 0 Å². The van der Waals surface area contributed by atoms with Crippen molar-refractivity contribution in [1.82, 2.24) is 0 Å². The summed E-state index contributed by atoms with van der Waals surface area (Å²) in [6.07, 6.45) is 2.02. The van der Waals surface area contributed by atoms with Crippen molar-refractivity contribution >= 4 is 5.78 Å². The maximum atomic E-state index is 12.7. The maximum Gasteiger partial charge on any atom is 0.159 e. The van der Waals surface area contributed by atoms with E-state index in [0.717, 1.165) is 12.0 Å². The zero-order chi connectivity index (χ0) is 17.9. The third kappa shape index (κ3) is 2.16. The van der Waals surface area contributed by atoms with Crippen LogP contribution in [0.15, 0.2) is 41.5 Å². The molecule has 0 aromatic heterocycles. The first-order valence-electron chi connectivity index (χ1n) is 8.59. The summed E-state index contributed by atoms with van der Waals surface area (Å²) >= 11 is 0. The van der Waals surface area contributed by atoms with Gasteiger partial charge < -0.3 is 20.1 Å². The van der Waals surface area contributed by atoms with Crippen LogP contribution in [0.4, 0.5) is 0 Å². The van der Waals surface area contributed by atoms with E-state index in [-0.39, 0.29) is 11.7 Å². The fourth-order valence-corrected chi connectivity index (χ4v) is 4.64. The minimum atomic E-state index is -1.74. The highest BCUT2D eigenvalue weighted by atomic mass is 16.5. The lowest BCUT2D eigenvalue weighted by Crippen LogP contribution is -2.52. The third-order valence-corrected chi connectivity index (χ3v) is 5.77. The van der Waals surface area contributed by atoms with Gasteiger partial charge in [0.25, 0.3) is 0 Å². The van der Waals surface area contributed by atoms with Gasteiger partial charge in [-0.3, -0.25) is 4.79 Å². The number of methoxy groups -OCH3 is 1. The molecule has 0 saturated heterocycles. The van der Waals surface area contributed by atoms with Crippen LogP contribution in [0.3, 0.4) is 0 Å². The number of benzene rings is 1. The van der Waals surface area contributed by atoms with Crippen molar-refractivity contribution in [1.29, 1.82) is 0 Å². The number of carbonyl (C=O) groups is 1. The molecule has 0 spiro atoms. The number of hydrogen-bond acceptors (Lipinski definition) is 5. The standard InChI is InChI=1S/C20H22O5/c1-10-8-11-6-7-20(24)17(15(11)13(21)9-10)18(22)12-4-3-5-14(25-2)16(12)19(20)23/h3-7,10,17-19,22-24H,8-9H2,1-2H3/t10-,17-,18+,19+,20-/m1/s1. The number of ether oxygens (including phenoxy) is 1. The van der Waals surface area contributed by atoms with Gasteiger partial charge in [0.05, 0.1) is 19.1 Å². The van der Waals surface area contributed by atoms with Gasteiger partial charge in [0.1, 0.15) is 17.5 Å². The van der Waals surface area contributed by atoms with Crippen LogP contribution in [0.1, 0.15) is 43.1 Å². The minimum Gasteiger partial charge on any atom is -0.496 e. The van der Waals surface area contributed by atoms with Crippen LogP contribution >= 0.6 is 0 Å². The van der Waals surface area contributed by atoms with E-state index in [4.69, 9.17) is 4.74 Å². The van der Waals surface area contributed by atoms with Gasteiger partial charge in [-0.15, -0.1) is 0 Å². The summed E-state index contributed by atoms with van der Waals surface area (Å²) in [7, 11) is 1.48. The number of aliphatic hydroxyl groups is 3. The molecule has 3 aliphatic carbocycles. The van der Waals surface area contributed by atoms with Gasteiger partial charge in [-0.05, 0) is 35.6 Å². The average molecular weight is 342 g/mol. The first kappa shape index (κ1) is 16.5. The lowest BCUT2D eigenvalue weighted by atomic mass is 9.60. The normalized spacial score (nSPS) is 36.6. The summed E-state index contributed by atoms with van der Waals surface area (Å²) in [6.45, 7) is 2.02. The van der Waals surface area contributed by atoms with Gasteiger partial charge in [-0.1, -0.05) is 25.1 Å². The van der Waals surface area contributed by atoms with Gasteiger partial charge in [0.2, 0.25) is 0 Å². The lowest BCUT2D eigenvalue weighted by molar-refractivity contribution is -0.132. The van der Waals surface area contributed by atoms with Crippen molar-refractivity contribution in [3.8, 4) is 5.75 Å². The number of hydrogen-bond donors (Lipinski definition) is 3. The summed E-state index contributed by atoms with van der Waals surface area (Å²) < 4.78 is 5.31. The van der Waals surface area contributed by atoms with Crippen molar-refractivity contribution in [3.63, 3.8) is 0 Å². The molecule has 132 valence electrons. The Kier molecular flexibility index (Phi) is 3.65. The van der Waals surface area contributed by atoms with Crippen molar-refractivity contribution in [2.45, 2.75) is 37.6 Å². The van der Waals surface area contributed by atoms with Gasteiger partial charge in [0.15, 0.2) is 5.78 Å². The second-order valence-corrected chi connectivity index (χ2v) is 7.38. The average Bonchev–Trinajstić information content (AvgIpc) is 2.59. The molecule has 0 unspecified atom stereocenters. The van der Waals surface area contributed by atoms with E-state index in [2.05, 4.69) is 0 Å². The molecule has 4 rings (SSSR count). The van der Waals surface area contributed by atoms with Crippen LogP contribution in [0.25, 0.3) is 0 Å². The van der Waals surface area contributed by atoms with Crippen LogP contribution in [-0.2, 0) is 4.79 Å². The second kappa shape index (κ2) is 5.53. The number of allylic oxidation sites excluding steroid dienone is 2. The van der Waals surface area contributed by atoms with E-state index in [0.29, 0.717) is 28.9 Å². The van der Waals surface area contributed by atoms with Gasteiger partial charge >= 0.3 is 0 Å². The molecule has 25 heavy (non-hydrogen) atoms. The molecule has 0 radical (unpaired) electrons. The molecule has 3 N–H and O–H groups in total. The number of fused-ring (bicyclic) bond motifs is 3. The summed E-state index contributed by atoms with van der Waals surface area (Å²) in [5.41, 5.74) is 0.451. The Balaban J connectivity index is 1.93. The largest absolute Gasteiger partial charge is 0.496 e. The molecule has 5 atom stereocenters. The molecule has 0 saturated carbocycles. The SMILES string of the molecule is COc1cccc2c1[C@H](O)[C@@]1(O)C=CC3=C(C(=O)C[C@H](C)C3)[C@@H]1[C@H]2O. The zero-order valence-corrected chi connectivity index (χ0v) is 14.3. The predicted molar refractivity (Wildman–Crippen MR) is 90.9 cm³/mol. The van der Waals surface area contributed by atoms with E-state index in [9.17, 15) is 20.1 Å². The Bertz CT molecular complexity index is 808. The zero-order valence-electron chi connectivity index (χ0n) is 14.3. The number of aliphatic hydroxyl groups excluding tert-OH is 2. The highest BCUT2D eigenvalue weighted by molar-refractivity contribution is 5.99. The highest BCUT2D eigenvalue weighted by Crippen LogP contribution is 2.56. The number of ketones is 1. The van der Waals surface area contributed by atoms with Gasteiger partial charge in [-0.2, -0.15) is 0 Å². The summed E-state index contributed by atoms with van der Waals surface area (Å²) in [5, 5.41) is 33.3. The third-order valence-electron chi connectivity index (χ3n) is 5.77. The first-order valence-corrected chi connectivity index (χ1v) is 8.59. The van der Waals surface area contributed by atoms with Crippen LogP contribution in [0, 0.1) is 11.8 Å². The summed E-state index contributed by atoms with van der Waals surface area (Å²) in [4.78, 5) is 12.7. The quantitative estimate of drug-likeness (QED) is 0.726. The van der Waals surface area contributed by atoms with Crippen molar-refractivity contribution in [3.05, 3.63) is 52.6 Å². The molecule has 3 aliphatic rings. The minimum absolute atomic E-state index is 0.0564. The number of carbonyl (C=O) groups excluding carboxylic acids is 1. The van der Waals surface area contributed by atoms with Crippen molar-refractivity contribution < 1.29 is 24.9 Å². The summed E-state index contributed by atoms with van der Waals surface area (Å²) in [5.74, 6) is -0.283. The van der Waals surface area contributed by atoms with Crippen LogP contribution < -0.4 is 4.74 Å². The highest BCUT2D eigenvalue weighted by Gasteiger charge is 2.56. The molecule has 0 amide bonds. The Labute approximate surface area is 146 Å². The van der Waals surface area contributed by atoms with E-state index in [1.165, 1.54) is 13.2 Å². The lowest BCUT2D eigenvalue weighted by Gasteiger charge is -2.49. The van der Waals surface area contributed by atoms with Gasteiger partial charge in [0, 0.05) is 17.6 Å². The topological polar surface area (TPSA) is 87.0 Å². The summed E-state index contributed by atoms with van der Waals surface area (Å²) in [6, 6.07) is 5.12. The molecule has 5 heteroatoms. The molecule has 1 aromatic carbocycles. The Hall–Kier alpha value is -1.95. The van der Waals surface area contributed by atoms with Crippen LogP contribution in [-0.4, -0.2) is 33.8 Å². The van der Waals surface area contributed by atoms with E-state index < -0.39 is 23.7 Å². The van der Waals surface area contributed by atoms with E-state index in [1.54, 1.807) is 24.3 Å². The number of rotatable bonds is 1. The van der Waals surface area contributed by atoms with Crippen LogP contribution in [0.2, 0.25) is 0 Å². The molecular weight excluding hydrogens is 320 g/mol. The molecule has 0 heterocycles. The van der Waals surface area contributed by atoms with Crippen LogP contribution in [0.5, 0.6) is 5.75 Å². The number of Topliss-reactive ketones (excluding diaryl/α,β-unsaturated/α-hetero) is 1. The fraction of sp³-hybridized carbons (Fsp3) is 0.450. The maximum absolute atomic E-state index is 12.7. The molecule has 1 aromatic rings. The molecule has 0 aliphatic heterocycles. The van der Waals surface area contributed by atoms with Crippen molar-refractivity contribution in [2.75, 3.05) is 7.11 Å². The Morgan fingerprint density at radius 3 is 2.72 bits per heavy atom. The monoisotopic (exact) mass is 342 g/mol. The van der Waals surface area contributed by atoms with E-state index in [1.807, 2.05) is 6.92 Å². The molecule has 0 bridgehead atoms. The fourth-order valence-electron chi connectivity index (χ4n) is 4.64. The smallest absolute Gasteiger partial charge is 0.159 e. The Morgan fingerprint density at radius 1 is 1.24 bits per heavy atom. The van der Waals surface area contributed by atoms with E-state index >= 15 is 0 Å². The molecule has 0 fully saturated rings. The van der Waals surface area contributed by atoms with Crippen molar-refractivity contribution in [2.24, 2.45) is 11.8 Å².